The van der Waals surface area contributed by atoms with Crippen LogP contribution in [0.25, 0.3) is 10.9 Å². The van der Waals surface area contributed by atoms with Gasteiger partial charge in [-0.2, -0.15) is 0 Å². The standard InChI is InChI=1S/C20H22N2O2S/c1-12-13(2)15(4)20(16(5)14(12)3)25(23,24)22-18-8-9-19-17(11-18)7-6-10-21-19/h6-11,22H,1-5H3. The second-order valence-corrected chi connectivity index (χ2v) is 8.09. The molecular formula is C20H22N2O2S. The minimum atomic E-state index is -3.68. The number of pyridine rings is 1. The lowest BCUT2D eigenvalue weighted by Gasteiger charge is -2.19. The van der Waals surface area contributed by atoms with Crippen molar-refractivity contribution in [1.29, 1.82) is 0 Å². The fourth-order valence-electron chi connectivity index (χ4n) is 3.21. The molecule has 25 heavy (non-hydrogen) atoms. The molecule has 0 bridgehead atoms. The van der Waals surface area contributed by atoms with Gasteiger partial charge in [0.15, 0.2) is 0 Å². The maximum absolute atomic E-state index is 13.1. The van der Waals surface area contributed by atoms with E-state index in [1.165, 1.54) is 0 Å². The molecule has 0 saturated carbocycles. The molecule has 2 aromatic carbocycles. The first kappa shape index (κ1) is 17.4. The van der Waals surface area contributed by atoms with E-state index in [9.17, 15) is 8.42 Å². The van der Waals surface area contributed by atoms with Gasteiger partial charge in [-0.15, -0.1) is 0 Å². The third-order valence-corrected chi connectivity index (χ3v) is 6.71. The average Bonchev–Trinajstić information content (AvgIpc) is 2.57. The average molecular weight is 354 g/mol. The molecule has 3 rings (SSSR count). The normalized spacial score (nSPS) is 11.7. The smallest absolute Gasteiger partial charge is 0.262 e. The van der Waals surface area contributed by atoms with Crippen molar-refractivity contribution in [3.63, 3.8) is 0 Å². The Morgan fingerprint density at radius 3 is 2.08 bits per heavy atom. The van der Waals surface area contributed by atoms with Crippen molar-refractivity contribution in [3.05, 3.63) is 64.3 Å². The molecule has 0 amide bonds. The predicted octanol–water partition coefficient (Wildman–Crippen LogP) is 4.58. The molecule has 0 atom stereocenters. The van der Waals surface area contributed by atoms with Crippen LogP contribution >= 0.6 is 0 Å². The highest BCUT2D eigenvalue weighted by molar-refractivity contribution is 7.92. The lowest BCUT2D eigenvalue weighted by Crippen LogP contribution is -2.17. The molecule has 0 aliphatic heterocycles. The molecule has 1 heterocycles. The van der Waals surface area contributed by atoms with Gasteiger partial charge in [0.1, 0.15) is 0 Å². The van der Waals surface area contributed by atoms with Crippen molar-refractivity contribution in [1.82, 2.24) is 4.98 Å². The summed E-state index contributed by atoms with van der Waals surface area (Å²) in [5.41, 5.74) is 6.16. The number of hydrogen-bond donors (Lipinski definition) is 1. The molecule has 0 unspecified atom stereocenters. The van der Waals surface area contributed by atoms with Crippen LogP contribution in [0, 0.1) is 34.6 Å². The van der Waals surface area contributed by atoms with E-state index in [2.05, 4.69) is 9.71 Å². The Balaban J connectivity index is 2.11. The number of sulfonamides is 1. The molecule has 3 aromatic rings. The van der Waals surface area contributed by atoms with Crippen LogP contribution in [0.1, 0.15) is 27.8 Å². The SMILES string of the molecule is Cc1c(C)c(C)c(S(=O)(=O)Nc2ccc3ncccc3c2)c(C)c1C. The van der Waals surface area contributed by atoms with Crippen molar-refractivity contribution in [2.24, 2.45) is 0 Å². The number of anilines is 1. The van der Waals surface area contributed by atoms with Gasteiger partial charge in [0, 0.05) is 17.3 Å². The molecule has 0 saturated heterocycles. The van der Waals surface area contributed by atoms with Crippen LogP contribution in [-0.2, 0) is 10.0 Å². The predicted molar refractivity (Wildman–Crippen MR) is 103 cm³/mol. The van der Waals surface area contributed by atoms with E-state index in [0.717, 1.165) is 38.7 Å². The second kappa shape index (κ2) is 6.15. The Morgan fingerprint density at radius 2 is 1.44 bits per heavy atom. The zero-order chi connectivity index (χ0) is 18.4. The number of hydrogen-bond acceptors (Lipinski definition) is 3. The maximum atomic E-state index is 13.1. The van der Waals surface area contributed by atoms with Crippen molar-refractivity contribution < 1.29 is 8.42 Å². The van der Waals surface area contributed by atoms with Gasteiger partial charge < -0.3 is 0 Å². The topological polar surface area (TPSA) is 59.1 Å². The van der Waals surface area contributed by atoms with Gasteiger partial charge in [-0.05, 0) is 86.7 Å². The van der Waals surface area contributed by atoms with Gasteiger partial charge in [0.05, 0.1) is 10.4 Å². The second-order valence-electron chi connectivity index (χ2n) is 6.47. The summed E-state index contributed by atoms with van der Waals surface area (Å²) in [6.45, 7) is 9.71. The van der Waals surface area contributed by atoms with Gasteiger partial charge in [-0.1, -0.05) is 6.07 Å². The van der Waals surface area contributed by atoms with E-state index in [1.807, 2.05) is 52.8 Å². The Morgan fingerprint density at radius 1 is 0.840 bits per heavy atom. The molecule has 0 aliphatic rings. The third kappa shape index (κ3) is 3.00. The summed E-state index contributed by atoms with van der Waals surface area (Å²) in [6, 6.07) is 9.11. The first-order chi connectivity index (χ1) is 11.7. The van der Waals surface area contributed by atoms with Crippen molar-refractivity contribution in [3.8, 4) is 0 Å². The molecule has 0 radical (unpaired) electrons. The number of nitrogens with zero attached hydrogens (tertiary/aromatic N) is 1. The zero-order valence-electron chi connectivity index (χ0n) is 15.1. The first-order valence-corrected chi connectivity index (χ1v) is 9.65. The van der Waals surface area contributed by atoms with Crippen LogP contribution in [0.4, 0.5) is 5.69 Å². The summed E-state index contributed by atoms with van der Waals surface area (Å²) < 4.78 is 28.9. The molecule has 4 nitrogen and oxygen atoms in total. The highest BCUT2D eigenvalue weighted by Crippen LogP contribution is 2.31. The number of nitrogens with one attached hydrogen (secondary N) is 1. The van der Waals surface area contributed by atoms with E-state index in [1.54, 1.807) is 18.3 Å². The van der Waals surface area contributed by atoms with Crippen LogP contribution in [0.2, 0.25) is 0 Å². The fraction of sp³-hybridized carbons (Fsp3) is 0.250. The number of aromatic nitrogens is 1. The van der Waals surface area contributed by atoms with E-state index >= 15 is 0 Å². The molecule has 0 fully saturated rings. The van der Waals surface area contributed by atoms with Crippen LogP contribution in [0.3, 0.4) is 0 Å². The quantitative estimate of drug-likeness (QED) is 0.749. The zero-order valence-corrected chi connectivity index (χ0v) is 16.0. The number of rotatable bonds is 3. The fourth-order valence-corrected chi connectivity index (χ4v) is 4.87. The van der Waals surface area contributed by atoms with E-state index in [4.69, 9.17) is 0 Å². The van der Waals surface area contributed by atoms with Crippen LogP contribution in [0.15, 0.2) is 41.4 Å². The highest BCUT2D eigenvalue weighted by Gasteiger charge is 2.23. The molecule has 0 aliphatic carbocycles. The van der Waals surface area contributed by atoms with Gasteiger partial charge in [0.2, 0.25) is 0 Å². The lowest BCUT2D eigenvalue weighted by molar-refractivity contribution is 0.599. The molecule has 5 heteroatoms. The largest absolute Gasteiger partial charge is 0.280 e. The van der Waals surface area contributed by atoms with E-state index in [0.29, 0.717) is 10.6 Å². The number of fused-ring (bicyclic) bond motifs is 1. The molecular weight excluding hydrogens is 332 g/mol. The summed E-state index contributed by atoms with van der Waals surface area (Å²) in [5.74, 6) is 0. The Labute approximate surface area is 149 Å². The minimum absolute atomic E-state index is 0.374. The maximum Gasteiger partial charge on any atom is 0.262 e. The van der Waals surface area contributed by atoms with Crippen molar-refractivity contribution >= 4 is 26.6 Å². The Bertz CT molecular complexity index is 1060. The molecule has 130 valence electrons. The minimum Gasteiger partial charge on any atom is -0.280 e. The van der Waals surface area contributed by atoms with E-state index in [-0.39, 0.29) is 0 Å². The third-order valence-electron chi connectivity index (χ3n) is 5.06. The summed E-state index contributed by atoms with van der Waals surface area (Å²) in [7, 11) is -3.68. The molecule has 1 N–H and O–H groups in total. The summed E-state index contributed by atoms with van der Waals surface area (Å²) in [4.78, 5) is 4.64. The summed E-state index contributed by atoms with van der Waals surface area (Å²) >= 11 is 0. The van der Waals surface area contributed by atoms with Crippen LogP contribution < -0.4 is 4.72 Å². The number of benzene rings is 2. The lowest BCUT2D eigenvalue weighted by atomic mass is 9.95. The van der Waals surface area contributed by atoms with Crippen LogP contribution in [0.5, 0.6) is 0 Å². The highest BCUT2D eigenvalue weighted by atomic mass is 32.2. The summed E-state index contributed by atoms with van der Waals surface area (Å²) in [5, 5.41) is 0.896. The van der Waals surface area contributed by atoms with Crippen molar-refractivity contribution in [2.45, 2.75) is 39.5 Å². The molecule has 1 aromatic heterocycles. The van der Waals surface area contributed by atoms with E-state index < -0.39 is 10.0 Å². The Kier molecular flexibility index (Phi) is 4.29. The molecule has 0 spiro atoms. The van der Waals surface area contributed by atoms with Crippen LogP contribution in [-0.4, -0.2) is 13.4 Å². The Hall–Kier alpha value is -2.40. The van der Waals surface area contributed by atoms with Gasteiger partial charge in [-0.3, -0.25) is 9.71 Å². The van der Waals surface area contributed by atoms with Gasteiger partial charge >= 0.3 is 0 Å². The summed E-state index contributed by atoms with van der Waals surface area (Å²) in [6.07, 6.45) is 1.72. The van der Waals surface area contributed by atoms with Gasteiger partial charge in [0.25, 0.3) is 10.0 Å². The van der Waals surface area contributed by atoms with Crippen molar-refractivity contribution in [2.75, 3.05) is 4.72 Å². The van der Waals surface area contributed by atoms with Gasteiger partial charge in [-0.25, -0.2) is 8.42 Å². The monoisotopic (exact) mass is 354 g/mol. The first-order valence-electron chi connectivity index (χ1n) is 8.17.